The molecule has 0 spiro atoms. The lowest BCUT2D eigenvalue weighted by atomic mass is 10.2. The highest BCUT2D eigenvalue weighted by Gasteiger charge is 2.19. The van der Waals surface area contributed by atoms with Crippen molar-refractivity contribution < 1.29 is 9.18 Å². The number of carbonyl (C=O) groups is 1. The molecular formula is C14H15FN4O2S. The van der Waals surface area contributed by atoms with E-state index in [1.54, 1.807) is 0 Å². The fraction of sp³-hybridized carbons (Fsp3) is 0.214. The van der Waals surface area contributed by atoms with Gasteiger partial charge in [0.1, 0.15) is 11.6 Å². The monoisotopic (exact) mass is 322 g/mol. The van der Waals surface area contributed by atoms with Crippen LogP contribution in [0, 0.1) is 5.82 Å². The van der Waals surface area contributed by atoms with Crippen molar-refractivity contribution in [2.24, 2.45) is 0 Å². The molecule has 0 saturated heterocycles. The number of hydrogen-bond donors (Lipinski definition) is 3. The molecule has 1 heterocycles. The Bertz CT molecular complexity index is 718. The number of halogens is 1. The number of nitrogens with one attached hydrogen (secondary N) is 2. The van der Waals surface area contributed by atoms with Crippen LogP contribution in [0.2, 0.25) is 0 Å². The van der Waals surface area contributed by atoms with Crippen molar-refractivity contribution in [3.05, 3.63) is 46.5 Å². The Morgan fingerprint density at radius 2 is 2.14 bits per heavy atom. The number of anilines is 2. The first kappa shape index (κ1) is 16.0. The minimum Gasteiger partial charge on any atom is -0.383 e. The van der Waals surface area contributed by atoms with Crippen LogP contribution in [0.3, 0.4) is 0 Å². The van der Waals surface area contributed by atoms with Gasteiger partial charge in [0.05, 0.1) is 5.25 Å². The van der Waals surface area contributed by atoms with Crippen LogP contribution in [0.4, 0.5) is 15.9 Å². The number of benzene rings is 1. The molecule has 2 rings (SSSR count). The van der Waals surface area contributed by atoms with Gasteiger partial charge in [0.25, 0.3) is 5.56 Å². The Balaban J connectivity index is 2.08. The first-order chi connectivity index (χ1) is 10.5. The number of amides is 1. The third-order valence-corrected chi connectivity index (χ3v) is 4.02. The first-order valence-electron chi connectivity index (χ1n) is 6.58. The summed E-state index contributed by atoms with van der Waals surface area (Å²) in [6.07, 6.45) is 0.524. The zero-order chi connectivity index (χ0) is 16.1. The number of nitrogens with zero attached hydrogens (tertiary/aromatic N) is 1. The van der Waals surface area contributed by atoms with Crippen molar-refractivity contribution in [2.75, 3.05) is 11.1 Å². The molecule has 1 atom stereocenters. The molecule has 0 radical (unpaired) electrons. The first-order valence-corrected chi connectivity index (χ1v) is 7.46. The highest BCUT2D eigenvalue weighted by molar-refractivity contribution is 8.00. The number of carbonyl (C=O) groups excluding carboxylic acids is 1. The van der Waals surface area contributed by atoms with Gasteiger partial charge in [-0.15, -0.1) is 0 Å². The van der Waals surface area contributed by atoms with Gasteiger partial charge < -0.3 is 16.0 Å². The third kappa shape index (κ3) is 4.32. The van der Waals surface area contributed by atoms with E-state index in [1.807, 2.05) is 6.92 Å². The van der Waals surface area contributed by atoms with Gasteiger partial charge in [-0.25, -0.2) is 9.37 Å². The predicted molar refractivity (Wildman–Crippen MR) is 84.2 cm³/mol. The lowest BCUT2D eigenvalue weighted by Crippen LogP contribution is -2.25. The third-order valence-electron chi connectivity index (χ3n) is 2.77. The summed E-state index contributed by atoms with van der Waals surface area (Å²) in [5, 5.41) is 2.51. The minimum absolute atomic E-state index is 0.0973. The molecular weight excluding hydrogens is 307 g/mol. The summed E-state index contributed by atoms with van der Waals surface area (Å²) < 4.78 is 12.8. The largest absolute Gasteiger partial charge is 0.383 e. The summed E-state index contributed by atoms with van der Waals surface area (Å²) in [5.74, 6) is -0.537. The second-order valence-electron chi connectivity index (χ2n) is 4.49. The Kier molecular flexibility index (Phi) is 5.16. The number of thioether (sulfide) groups is 1. The number of H-pyrrole nitrogens is 1. The van der Waals surface area contributed by atoms with Crippen LogP contribution >= 0.6 is 11.8 Å². The fourth-order valence-corrected chi connectivity index (χ4v) is 2.64. The number of hydrogen-bond acceptors (Lipinski definition) is 5. The number of nitrogens with two attached hydrogens (primary N) is 1. The van der Waals surface area contributed by atoms with E-state index in [0.29, 0.717) is 12.1 Å². The molecule has 1 aromatic carbocycles. The maximum Gasteiger partial charge on any atom is 0.253 e. The van der Waals surface area contributed by atoms with E-state index in [1.165, 1.54) is 30.3 Å². The second-order valence-corrected chi connectivity index (χ2v) is 5.68. The van der Waals surface area contributed by atoms with Crippen LogP contribution in [-0.2, 0) is 4.79 Å². The Morgan fingerprint density at radius 3 is 2.73 bits per heavy atom. The van der Waals surface area contributed by atoms with Gasteiger partial charge in [0.2, 0.25) is 5.91 Å². The lowest BCUT2D eigenvalue weighted by molar-refractivity contribution is -0.115. The quantitative estimate of drug-likeness (QED) is 0.577. The molecule has 0 aliphatic carbocycles. The maximum atomic E-state index is 12.8. The molecule has 0 aliphatic heterocycles. The second kappa shape index (κ2) is 7.08. The summed E-state index contributed by atoms with van der Waals surface area (Å²) in [6.45, 7) is 1.84. The summed E-state index contributed by atoms with van der Waals surface area (Å²) in [6, 6.07) is 6.65. The van der Waals surface area contributed by atoms with Gasteiger partial charge >= 0.3 is 0 Å². The van der Waals surface area contributed by atoms with Crippen LogP contribution in [0.1, 0.15) is 13.3 Å². The molecule has 0 aliphatic rings. The molecule has 2 aromatic rings. The highest BCUT2D eigenvalue weighted by Crippen LogP contribution is 2.23. The summed E-state index contributed by atoms with van der Waals surface area (Å²) >= 11 is 1.11. The number of nitrogen functional groups attached to an aromatic ring is 1. The molecule has 1 amide bonds. The van der Waals surface area contributed by atoms with E-state index in [0.717, 1.165) is 11.8 Å². The molecule has 0 fully saturated rings. The van der Waals surface area contributed by atoms with E-state index >= 15 is 0 Å². The van der Waals surface area contributed by atoms with Gasteiger partial charge in [-0.05, 0) is 30.7 Å². The molecule has 22 heavy (non-hydrogen) atoms. The molecule has 0 saturated carbocycles. The zero-order valence-electron chi connectivity index (χ0n) is 11.8. The van der Waals surface area contributed by atoms with Gasteiger partial charge in [0.15, 0.2) is 5.16 Å². The Morgan fingerprint density at radius 1 is 1.45 bits per heavy atom. The topological polar surface area (TPSA) is 101 Å². The zero-order valence-corrected chi connectivity index (χ0v) is 12.6. The minimum atomic E-state index is -0.463. The van der Waals surface area contributed by atoms with Crippen molar-refractivity contribution in [3.8, 4) is 0 Å². The summed E-state index contributed by atoms with van der Waals surface area (Å²) in [4.78, 5) is 30.1. The number of aromatic nitrogens is 2. The van der Waals surface area contributed by atoms with Crippen LogP contribution in [-0.4, -0.2) is 21.1 Å². The van der Waals surface area contributed by atoms with Crippen LogP contribution < -0.4 is 16.6 Å². The van der Waals surface area contributed by atoms with Gasteiger partial charge in [-0.2, -0.15) is 0 Å². The summed E-state index contributed by atoms with van der Waals surface area (Å²) in [7, 11) is 0. The lowest BCUT2D eigenvalue weighted by Gasteiger charge is -2.14. The molecule has 6 nitrogen and oxygen atoms in total. The fourth-order valence-electron chi connectivity index (χ4n) is 1.72. The number of aromatic amines is 1. The molecule has 4 N–H and O–H groups in total. The van der Waals surface area contributed by atoms with E-state index in [-0.39, 0.29) is 28.3 Å². The maximum absolute atomic E-state index is 12.8. The van der Waals surface area contributed by atoms with Crippen LogP contribution in [0.25, 0.3) is 0 Å². The van der Waals surface area contributed by atoms with Crippen LogP contribution in [0.5, 0.6) is 0 Å². The molecule has 1 aromatic heterocycles. The average molecular weight is 322 g/mol. The van der Waals surface area contributed by atoms with E-state index < -0.39 is 5.25 Å². The van der Waals surface area contributed by atoms with Gasteiger partial charge in [0, 0.05) is 11.8 Å². The smallest absolute Gasteiger partial charge is 0.253 e. The van der Waals surface area contributed by atoms with Gasteiger partial charge in [-0.3, -0.25) is 9.59 Å². The Labute approximate surface area is 130 Å². The normalized spacial score (nSPS) is 11.9. The molecule has 1 unspecified atom stereocenters. The highest BCUT2D eigenvalue weighted by atomic mass is 32.2. The number of rotatable bonds is 5. The van der Waals surface area contributed by atoms with Gasteiger partial charge in [-0.1, -0.05) is 18.7 Å². The van der Waals surface area contributed by atoms with Crippen LogP contribution in [0.15, 0.2) is 40.3 Å². The van der Waals surface area contributed by atoms with E-state index in [4.69, 9.17) is 5.73 Å². The average Bonchev–Trinajstić information content (AvgIpc) is 2.46. The standard InChI is InChI=1S/C14H15FN4O2S/c1-2-10(22-14-18-11(16)7-12(20)19-14)13(21)17-9-5-3-8(15)4-6-9/h3-7,10H,2H2,1H3,(H,17,21)(H3,16,18,19,20). The van der Waals surface area contributed by atoms with Crippen molar-refractivity contribution in [3.63, 3.8) is 0 Å². The SMILES string of the molecule is CCC(Sc1nc(N)cc(=O)[nH]1)C(=O)Nc1ccc(F)cc1. The molecule has 0 bridgehead atoms. The summed E-state index contributed by atoms with van der Waals surface area (Å²) in [5.41, 5.74) is 5.64. The molecule has 116 valence electrons. The van der Waals surface area contributed by atoms with E-state index in [9.17, 15) is 14.0 Å². The van der Waals surface area contributed by atoms with Crippen molar-refractivity contribution in [1.82, 2.24) is 9.97 Å². The van der Waals surface area contributed by atoms with E-state index in [2.05, 4.69) is 15.3 Å². The Hall–Kier alpha value is -2.35. The van der Waals surface area contributed by atoms with Crippen molar-refractivity contribution in [1.29, 1.82) is 0 Å². The van der Waals surface area contributed by atoms with Crippen molar-refractivity contribution in [2.45, 2.75) is 23.8 Å². The van der Waals surface area contributed by atoms with Crippen molar-refractivity contribution >= 4 is 29.2 Å². The molecule has 8 heteroatoms. The predicted octanol–water partition coefficient (Wildman–Crippen LogP) is 2.00.